The second kappa shape index (κ2) is 8.31. The van der Waals surface area contributed by atoms with Gasteiger partial charge in [0, 0.05) is 32.7 Å². The molecule has 0 aromatic carbocycles. The first-order valence-corrected chi connectivity index (χ1v) is 10.5. The summed E-state index contributed by atoms with van der Waals surface area (Å²) in [6, 6.07) is 2.05. The lowest BCUT2D eigenvalue weighted by Gasteiger charge is -2.32. The summed E-state index contributed by atoms with van der Waals surface area (Å²) in [6.07, 6.45) is 7.91. The predicted molar refractivity (Wildman–Crippen MR) is 104 cm³/mol. The maximum absolute atomic E-state index is 12.1. The van der Waals surface area contributed by atoms with Gasteiger partial charge in [-0.25, -0.2) is 9.97 Å². The van der Waals surface area contributed by atoms with Gasteiger partial charge in [0.2, 0.25) is 5.91 Å². The summed E-state index contributed by atoms with van der Waals surface area (Å²) in [6.45, 7) is 3.52. The Labute approximate surface area is 158 Å². The molecule has 2 aromatic rings. The normalized spacial score (nSPS) is 21.4. The van der Waals surface area contributed by atoms with Crippen molar-refractivity contribution >= 4 is 33.3 Å². The topological polar surface area (TPSA) is 67.4 Å². The highest BCUT2D eigenvalue weighted by Crippen LogP contribution is 2.31. The van der Waals surface area contributed by atoms with E-state index in [0.717, 1.165) is 63.1 Å². The van der Waals surface area contributed by atoms with E-state index >= 15 is 0 Å². The quantitative estimate of drug-likeness (QED) is 0.842. The summed E-state index contributed by atoms with van der Waals surface area (Å²) in [5.41, 5.74) is 1.03. The number of piperidine rings is 1. The average Bonchev–Trinajstić information content (AvgIpc) is 3.36. The Kier molecular flexibility index (Phi) is 5.65. The molecule has 1 N–H and O–H groups in total. The summed E-state index contributed by atoms with van der Waals surface area (Å²) in [5.74, 6) is 1.86. The van der Waals surface area contributed by atoms with E-state index in [1.807, 2.05) is 6.07 Å². The lowest BCUT2D eigenvalue weighted by Crippen LogP contribution is -2.35. The lowest BCUT2D eigenvalue weighted by molar-refractivity contribution is -0.121. The molecule has 4 rings (SSSR count). The summed E-state index contributed by atoms with van der Waals surface area (Å²) in [4.78, 5) is 23.3. The Morgan fingerprint density at radius 2 is 2.19 bits per heavy atom. The van der Waals surface area contributed by atoms with Crippen molar-refractivity contribution in [2.75, 3.05) is 31.1 Å². The maximum atomic E-state index is 12.1. The van der Waals surface area contributed by atoms with Crippen LogP contribution in [-0.4, -0.2) is 48.2 Å². The number of fused-ring (bicyclic) bond motifs is 1. The minimum atomic E-state index is 0.166. The maximum Gasteiger partial charge on any atom is 0.220 e. The third-order valence-electron chi connectivity index (χ3n) is 5.47. The molecular formula is C19H26N4O2S. The Balaban J connectivity index is 1.21. The minimum absolute atomic E-state index is 0.166. The lowest BCUT2D eigenvalue weighted by atomic mass is 9.92. The van der Waals surface area contributed by atoms with E-state index in [9.17, 15) is 4.79 Å². The molecule has 2 saturated heterocycles. The number of nitrogens with one attached hydrogen (secondary N) is 1. The molecule has 4 heterocycles. The SMILES string of the molecule is O=C(CCC1CCN(c2ncnc3ccsc23)CC1)NCC1CCCO1. The number of thiophene rings is 1. The first kappa shape index (κ1) is 17.7. The number of aromatic nitrogens is 2. The van der Waals surface area contributed by atoms with Crippen LogP contribution in [0.1, 0.15) is 38.5 Å². The highest BCUT2D eigenvalue weighted by atomic mass is 32.1. The van der Waals surface area contributed by atoms with Gasteiger partial charge in [-0.2, -0.15) is 0 Å². The molecule has 1 unspecified atom stereocenters. The minimum Gasteiger partial charge on any atom is -0.376 e. The second-order valence-electron chi connectivity index (χ2n) is 7.24. The van der Waals surface area contributed by atoms with Crippen molar-refractivity contribution in [3.8, 4) is 0 Å². The van der Waals surface area contributed by atoms with Gasteiger partial charge in [-0.05, 0) is 49.5 Å². The van der Waals surface area contributed by atoms with E-state index < -0.39 is 0 Å². The van der Waals surface area contributed by atoms with Gasteiger partial charge in [0.25, 0.3) is 0 Å². The van der Waals surface area contributed by atoms with Crippen molar-refractivity contribution in [2.45, 2.75) is 44.6 Å². The monoisotopic (exact) mass is 374 g/mol. The Hall–Kier alpha value is -1.73. The molecule has 6 nitrogen and oxygen atoms in total. The van der Waals surface area contributed by atoms with E-state index in [0.29, 0.717) is 18.9 Å². The molecule has 0 radical (unpaired) electrons. The van der Waals surface area contributed by atoms with Gasteiger partial charge >= 0.3 is 0 Å². The fraction of sp³-hybridized carbons (Fsp3) is 0.632. The number of anilines is 1. The van der Waals surface area contributed by atoms with Gasteiger partial charge in [0.05, 0.1) is 16.3 Å². The molecule has 7 heteroatoms. The number of amides is 1. The average molecular weight is 375 g/mol. The first-order chi connectivity index (χ1) is 12.8. The highest BCUT2D eigenvalue weighted by Gasteiger charge is 2.23. The largest absolute Gasteiger partial charge is 0.376 e. The van der Waals surface area contributed by atoms with Crippen molar-refractivity contribution in [3.05, 3.63) is 17.8 Å². The van der Waals surface area contributed by atoms with Crippen LogP contribution in [0, 0.1) is 5.92 Å². The number of carbonyl (C=O) groups is 1. The van der Waals surface area contributed by atoms with Crippen molar-refractivity contribution in [1.82, 2.24) is 15.3 Å². The standard InChI is InChI=1S/C19H26N4O2S/c24-17(20-12-15-2-1-10-25-15)4-3-14-5-8-23(9-6-14)19-18-16(7-11-26-18)21-13-22-19/h7,11,13-15H,1-6,8-10,12H2,(H,20,24). The number of ether oxygens (including phenoxy) is 1. The van der Waals surface area contributed by atoms with Gasteiger partial charge < -0.3 is 15.0 Å². The van der Waals surface area contributed by atoms with Gasteiger partial charge in [-0.1, -0.05) is 0 Å². The zero-order chi connectivity index (χ0) is 17.8. The highest BCUT2D eigenvalue weighted by molar-refractivity contribution is 7.17. The van der Waals surface area contributed by atoms with Crippen LogP contribution >= 0.6 is 11.3 Å². The summed E-state index contributed by atoms with van der Waals surface area (Å²) in [5, 5.41) is 5.10. The van der Waals surface area contributed by atoms with Crippen molar-refractivity contribution in [3.63, 3.8) is 0 Å². The second-order valence-corrected chi connectivity index (χ2v) is 8.16. The zero-order valence-corrected chi connectivity index (χ0v) is 15.8. The molecule has 26 heavy (non-hydrogen) atoms. The van der Waals surface area contributed by atoms with Crippen LogP contribution in [0.3, 0.4) is 0 Å². The molecule has 2 aliphatic rings. The van der Waals surface area contributed by atoms with Crippen molar-refractivity contribution < 1.29 is 9.53 Å². The number of hydrogen-bond acceptors (Lipinski definition) is 6. The third kappa shape index (κ3) is 4.15. The molecule has 0 bridgehead atoms. The molecule has 2 aliphatic heterocycles. The van der Waals surface area contributed by atoms with Crippen LogP contribution in [0.25, 0.3) is 10.2 Å². The van der Waals surface area contributed by atoms with E-state index in [1.165, 1.54) is 4.70 Å². The van der Waals surface area contributed by atoms with E-state index in [4.69, 9.17) is 4.74 Å². The molecule has 0 spiro atoms. The fourth-order valence-electron chi connectivity index (χ4n) is 3.89. The third-order valence-corrected chi connectivity index (χ3v) is 6.37. The molecule has 140 valence electrons. The first-order valence-electron chi connectivity index (χ1n) is 9.61. The number of rotatable bonds is 6. The van der Waals surface area contributed by atoms with E-state index in [-0.39, 0.29) is 12.0 Å². The molecule has 2 fully saturated rings. The number of hydrogen-bond donors (Lipinski definition) is 1. The van der Waals surface area contributed by atoms with Crippen LogP contribution < -0.4 is 10.2 Å². The molecule has 2 aromatic heterocycles. The zero-order valence-electron chi connectivity index (χ0n) is 15.0. The Morgan fingerprint density at radius 3 is 3.00 bits per heavy atom. The molecular weight excluding hydrogens is 348 g/mol. The summed E-state index contributed by atoms with van der Waals surface area (Å²) >= 11 is 1.71. The van der Waals surface area contributed by atoms with Crippen LogP contribution in [0.5, 0.6) is 0 Å². The van der Waals surface area contributed by atoms with Crippen molar-refractivity contribution in [2.24, 2.45) is 5.92 Å². The Bertz CT molecular complexity index is 736. The Morgan fingerprint density at radius 1 is 1.31 bits per heavy atom. The summed E-state index contributed by atoms with van der Waals surface area (Å²) in [7, 11) is 0. The van der Waals surface area contributed by atoms with Gasteiger partial charge in [-0.3, -0.25) is 4.79 Å². The smallest absolute Gasteiger partial charge is 0.220 e. The van der Waals surface area contributed by atoms with E-state index in [1.54, 1.807) is 17.7 Å². The summed E-state index contributed by atoms with van der Waals surface area (Å²) < 4.78 is 6.73. The van der Waals surface area contributed by atoms with Crippen LogP contribution in [0.4, 0.5) is 5.82 Å². The van der Waals surface area contributed by atoms with Crippen LogP contribution in [0.15, 0.2) is 17.8 Å². The molecule has 1 amide bonds. The van der Waals surface area contributed by atoms with Gasteiger partial charge in [0.15, 0.2) is 0 Å². The van der Waals surface area contributed by atoms with E-state index in [2.05, 4.69) is 25.6 Å². The molecule has 1 atom stereocenters. The van der Waals surface area contributed by atoms with Gasteiger partial charge in [-0.15, -0.1) is 11.3 Å². The fourth-order valence-corrected chi connectivity index (χ4v) is 4.75. The van der Waals surface area contributed by atoms with Crippen LogP contribution in [0.2, 0.25) is 0 Å². The predicted octanol–water partition coefficient (Wildman–Crippen LogP) is 2.98. The van der Waals surface area contributed by atoms with Gasteiger partial charge in [0.1, 0.15) is 12.1 Å². The van der Waals surface area contributed by atoms with Crippen LogP contribution in [-0.2, 0) is 9.53 Å². The molecule has 0 aliphatic carbocycles. The number of carbonyl (C=O) groups excluding carboxylic acids is 1. The van der Waals surface area contributed by atoms with Crippen molar-refractivity contribution in [1.29, 1.82) is 0 Å². The molecule has 0 saturated carbocycles. The number of nitrogens with zero attached hydrogens (tertiary/aromatic N) is 3.